The number of hydrogen-bond acceptors (Lipinski definition) is 3. The van der Waals surface area contributed by atoms with Crippen LogP contribution in [0.2, 0.25) is 0 Å². The molecule has 3 heteroatoms. The van der Waals surface area contributed by atoms with Crippen LogP contribution in [0.25, 0.3) is 0 Å². The van der Waals surface area contributed by atoms with Crippen molar-refractivity contribution in [2.75, 3.05) is 7.11 Å². The zero-order valence-corrected chi connectivity index (χ0v) is 15.9. The summed E-state index contributed by atoms with van der Waals surface area (Å²) in [6.45, 7) is 9.75. The second kappa shape index (κ2) is 5.09. The van der Waals surface area contributed by atoms with E-state index in [0.29, 0.717) is 28.6 Å². The predicted octanol–water partition coefficient (Wildman–Crippen LogP) is 4.71. The number of carbonyl (C=O) groups excluding carboxylic acids is 1. The van der Waals surface area contributed by atoms with Gasteiger partial charge < -0.3 is 9.47 Å². The molecule has 3 saturated carbocycles. The summed E-state index contributed by atoms with van der Waals surface area (Å²) >= 11 is 0. The van der Waals surface area contributed by atoms with E-state index in [0.717, 1.165) is 17.9 Å². The van der Waals surface area contributed by atoms with Gasteiger partial charge in [-0.1, -0.05) is 34.1 Å². The molecular formula is C21H32O3. The molecule has 1 heterocycles. The zero-order valence-electron chi connectivity index (χ0n) is 15.9. The van der Waals surface area contributed by atoms with Gasteiger partial charge in [0.05, 0.1) is 0 Å². The minimum absolute atomic E-state index is 0.219. The summed E-state index contributed by atoms with van der Waals surface area (Å²) in [5.41, 5.74) is 1.85. The Morgan fingerprint density at radius 2 is 1.96 bits per heavy atom. The Morgan fingerprint density at radius 3 is 2.67 bits per heavy atom. The summed E-state index contributed by atoms with van der Waals surface area (Å²) in [5.74, 6) is 1.37. The second-order valence-corrected chi connectivity index (χ2v) is 9.72. The van der Waals surface area contributed by atoms with Crippen LogP contribution in [0.5, 0.6) is 0 Å². The maximum Gasteiger partial charge on any atom is 0.333 e. The van der Waals surface area contributed by atoms with Gasteiger partial charge in [0.1, 0.15) is 0 Å². The van der Waals surface area contributed by atoms with Gasteiger partial charge in [0.2, 0.25) is 5.79 Å². The fourth-order valence-corrected chi connectivity index (χ4v) is 7.25. The van der Waals surface area contributed by atoms with Gasteiger partial charge in [0, 0.05) is 25.2 Å². The van der Waals surface area contributed by atoms with Crippen molar-refractivity contribution in [3.8, 4) is 0 Å². The Kier molecular flexibility index (Phi) is 3.53. The minimum atomic E-state index is -0.788. The summed E-state index contributed by atoms with van der Waals surface area (Å²) in [4.78, 5) is 12.0. The normalized spacial score (nSPS) is 49.5. The number of ether oxygens (including phenoxy) is 2. The van der Waals surface area contributed by atoms with E-state index in [-0.39, 0.29) is 5.97 Å². The highest BCUT2D eigenvalue weighted by atomic mass is 16.7. The third-order valence-electron chi connectivity index (χ3n) is 8.36. The minimum Gasteiger partial charge on any atom is -0.426 e. The number of carbonyl (C=O) groups is 1. The number of esters is 1. The van der Waals surface area contributed by atoms with E-state index in [2.05, 4.69) is 27.7 Å². The van der Waals surface area contributed by atoms with Gasteiger partial charge >= 0.3 is 5.97 Å². The summed E-state index contributed by atoms with van der Waals surface area (Å²) in [5, 5.41) is 0. The van der Waals surface area contributed by atoms with Crippen molar-refractivity contribution in [3.63, 3.8) is 0 Å². The maximum absolute atomic E-state index is 12.0. The van der Waals surface area contributed by atoms with Gasteiger partial charge in [0.15, 0.2) is 0 Å². The molecule has 0 saturated heterocycles. The maximum atomic E-state index is 12.0. The van der Waals surface area contributed by atoms with Crippen molar-refractivity contribution >= 4 is 5.97 Å². The second-order valence-electron chi connectivity index (χ2n) is 9.72. The third kappa shape index (κ3) is 2.03. The Bertz CT molecular complexity index is 592. The van der Waals surface area contributed by atoms with Crippen LogP contribution in [-0.2, 0) is 14.3 Å². The van der Waals surface area contributed by atoms with E-state index in [4.69, 9.17) is 9.47 Å². The molecule has 3 fully saturated rings. The molecule has 0 amide bonds. The van der Waals surface area contributed by atoms with Gasteiger partial charge in [-0.2, -0.15) is 0 Å². The molecule has 4 aliphatic rings. The topological polar surface area (TPSA) is 35.5 Å². The Hall–Kier alpha value is -0.830. The van der Waals surface area contributed by atoms with Gasteiger partial charge in [-0.05, 0) is 60.2 Å². The van der Waals surface area contributed by atoms with E-state index in [9.17, 15) is 4.79 Å². The van der Waals surface area contributed by atoms with Crippen LogP contribution in [-0.4, -0.2) is 18.9 Å². The Labute approximate surface area is 146 Å². The van der Waals surface area contributed by atoms with Gasteiger partial charge in [0.25, 0.3) is 0 Å². The SMILES string of the molecule is CO[C@@]12C[C@H]3[C@@H](CC[C@H]4C(C)(C)CCC[C@]34C)[C@@H](C)C1=CC(=O)O2. The lowest BCUT2D eigenvalue weighted by Crippen LogP contribution is -2.58. The molecule has 1 aliphatic heterocycles. The van der Waals surface area contributed by atoms with Crippen LogP contribution in [0.15, 0.2) is 11.6 Å². The van der Waals surface area contributed by atoms with Crippen LogP contribution in [0, 0.1) is 34.5 Å². The van der Waals surface area contributed by atoms with E-state index in [1.165, 1.54) is 32.1 Å². The first kappa shape index (κ1) is 16.6. The van der Waals surface area contributed by atoms with Crippen LogP contribution in [0.3, 0.4) is 0 Å². The molecule has 0 aromatic rings. The monoisotopic (exact) mass is 332 g/mol. The van der Waals surface area contributed by atoms with E-state index < -0.39 is 5.79 Å². The molecule has 0 radical (unpaired) electrons. The molecule has 24 heavy (non-hydrogen) atoms. The molecule has 0 bridgehead atoms. The van der Waals surface area contributed by atoms with Crippen LogP contribution >= 0.6 is 0 Å². The fraction of sp³-hybridized carbons (Fsp3) is 0.857. The average Bonchev–Trinajstić information content (AvgIpc) is 2.85. The number of hydrogen-bond donors (Lipinski definition) is 0. The van der Waals surface area contributed by atoms with Crippen LogP contribution in [0.1, 0.15) is 66.2 Å². The smallest absolute Gasteiger partial charge is 0.333 e. The quantitative estimate of drug-likeness (QED) is 0.652. The number of fused-ring (bicyclic) bond motifs is 4. The molecular weight excluding hydrogens is 300 g/mol. The van der Waals surface area contributed by atoms with E-state index in [1.807, 2.05) is 0 Å². The predicted molar refractivity (Wildman–Crippen MR) is 93.1 cm³/mol. The van der Waals surface area contributed by atoms with Crippen LogP contribution in [0.4, 0.5) is 0 Å². The summed E-state index contributed by atoms with van der Waals surface area (Å²) in [6, 6.07) is 0. The largest absolute Gasteiger partial charge is 0.426 e. The summed E-state index contributed by atoms with van der Waals surface area (Å²) in [7, 11) is 1.70. The average molecular weight is 332 g/mol. The first-order valence-corrected chi connectivity index (χ1v) is 9.74. The van der Waals surface area contributed by atoms with Gasteiger partial charge in [-0.15, -0.1) is 0 Å². The van der Waals surface area contributed by atoms with Crippen molar-refractivity contribution in [3.05, 3.63) is 11.6 Å². The molecule has 6 atom stereocenters. The molecule has 3 nitrogen and oxygen atoms in total. The lowest BCUT2D eigenvalue weighted by atomic mass is 9.43. The molecule has 0 aromatic heterocycles. The first-order chi connectivity index (χ1) is 11.2. The third-order valence-corrected chi connectivity index (χ3v) is 8.36. The van der Waals surface area contributed by atoms with Crippen molar-refractivity contribution in [2.24, 2.45) is 34.5 Å². The molecule has 0 spiro atoms. The van der Waals surface area contributed by atoms with Crippen molar-refractivity contribution in [2.45, 2.75) is 72.0 Å². The van der Waals surface area contributed by atoms with Crippen molar-refractivity contribution in [1.29, 1.82) is 0 Å². The number of rotatable bonds is 1. The molecule has 134 valence electrons. The molecule has 0 N–H and O–H groups in total. The highest BCUT2D eigenvalue weighted by Crippen LogP contribution is 2.66. The van der Waals surface area contributed by atoms with E-state index >= 15 is 0 Å². The Balaban J connectivity index is 1.75. The lowest BCUT2D eigenvalue weighted by molar-refractivity contribution is -0.231. The first-order valence-electron chi connectivity index (χ1n) is 9.74. The van der Waals surface area contributed by atoms with Crippen molar-refractivity contribution in [1.82, 2.24) is 0 Å². The molecule has 0 unspecified atom stereocenters. The van der Waals surface area contributed by atoms with Gasteiger partial charge in [-0.3, -0.25) is 0 Å². The summed E-state index contributed by atoms with van der Waals surface area (Å²) in [6.07, 6.45) is 9.14. The number of methoxy groups -OCH3 is 1. The van der Waals surface area contributed by atoms with E-state index in [1.54, 1.807) is 13.2 Å². The lowest BCUT2D eigenvalue weighted by Gasteiger charge is -2.63. The molecule has 0 aromatic carbocycles. The zero-order chi connectivity index (χ0) is 17.3. The molecule has 3 aliphatic carbocycles. The standard InChI is InChI=1S/C21H32O3/c1-13-14-7-8-17-19(2,3)9-6-10-20(17,4)16(14)12-21(23-5)15(13)11-18(22)24-21/h11,13-14,16-17H,6-10,12H2,1-5H3/t13-,14+,16+,17+,20-,21-/m1/s1. The highest BCUT2D eigenvalue weighted by Gasteiger charge is 2.62. The highest BCUT2D eigenvalue weighted by molar-refractivity contribution is 5.86. The van der Waals surface area contributed by atoms with Gasteiger partial charge in [-0.25, -0.2) is 4.79 Å². The summed E-state index contributed by atoms with van der Waals surface area (Å²) < 4.78 is 11.6. The van der Waals surface area contributed by atoms with Crippen LogP contribution < -0.4 is 0 Å². The fourth-order valence-electron chi connectivity index (χ4n) is 7.25. The van der Waals surface area contributed by atoms with Crippen molar-refractivity contribution < 1.29 is 14.3 Å². The Morgan fingerprint density at radius 1 is 1.21 bits per heavy atom. The molecule has 4 rings (SSSR count).